The van der Waals surface area contributed by atoms with Gasteiger partial charge in [-0.3, -0.25) is 9.59 Å². The van der Waals surface area contributed by atoms with E-state index in [1.54, 1.807) is 0 Å². The molecule has 0 bridgehead atoms. The van der Waals surface area contributed by atoms with Crippen molar-refractivity contribution in [3.05, 3.63) is 22.9 Å². The number of rotatable bonds is 8. The Balaban J connectivity index is 3.17. The molecule has 0 spiro atoms. The van der Waals surface area contributed by atoms with Gasteiger partial charge in [-0.25, -0.2) is 0 Å². The summed E-state index contributed by atoms with van der Waals surface area (Å²) < 4.78 is 10.2. The van der Waals surface area contributed by atoms with Crippen molar-refractivity contribution in [3.63, 3.8) is 0 Å². The zero-order valence-electron chi connectivity index (χ0n) is 12.5. The Morgan fingerprint density at radius 1 is 0.800 bits per heavy atom. The van der Waals surface area contributed by atoms with Crippen molar-refractivity contribution in [2.24, 2.45) is 0 Å². The van der Waals surface area contributed by atoms with Crippen LogP contribution in [0, 0.1) is 0 Å². The second kappa shape index (κ2) is 7.57. The molecule has 0 aromatic heterocycles. The monoisotopic (exact) mass is 282 g/mol. The molecule has 2 N–H and O–H groups in total. The summed E-state index contributed by atoms with van der Waals surface area (Å²) in [5, 5.41) is 5.87. The van der Waals surface area contributed by atoms with E-state index >= 15 is 0 Å². The lowest BCUT2D eigenvalue weighted by Gasteiger charge is -2.23. The molecule has 0 fully saturated rings. The molecular weight excluding hydrogens is 260 g/mol. The molecule has 20 heavy (non-hydrogen) atoms. The van der Waals surface area contributed by atoms with Crippen LogP contribution in [-0.2, 0) is 19.1 Å². The molecule has 112 valence electrons. The minimum Gasteiger partial charge on any atom is -0.491 e. The predicted molar refractivity (Wildman–Crippen MR) is 74.7 cm³/mol. The van der Waals surface area contributed by atoms with Crippen LogP contribution in [0.15, 0.2) is 22.9 Å². The number of ether oxygens (including phenoxy) is 2. The Hall–Kier alpha value is -1.98. The van der Waals surface area contributed by atoms with Crippen molar-refractivity contribution in [1.29, 1.82) is 0 Å². The van der Waals surface area contributed by atoms with Gasteiger partial charge >= 0.3 is 0 Å². The standard InChI is InChI=1S/C14H22N2O4/c1-5-7-15-9-11(17)14(20-4)10(16-8-6-2)12(18)13(9)19-3/h15-16H,5-8H2,1-4H3. The van der Waals surface area contributed by atoms with E-state index in [1.165, 1.54) is 14.2 Å². The van der Waals surface area contributed by atoms with Gasteiger partial charge < -0.3 is 20.1 Å². The fraction of sp³-hybridized carbons (Fsp3) is 0.571. The topological polar surface area (TPSA) is 76.7 Å². The van der Waals surface area contributed by atoms with Gasteiger partial charge in [0.05, 0.1) is 14.2 Å². The largest absolute Gasteiger partial charge is 0.491 e. The first-order valence-corrected chi connectivity index (χ1v) is 6.75. The van der Waals surface area contributed by atoms with E-state index in [2.05, 4.69) is 10.6 Å². The van der Waals surface area contributed by atoms with E-state index in [4.69, 9.17) is 9.47 Å². The first-order valence-electron chi connectivity index (χ1n) is 6.75. The number of carbonyl (C=O) groups is 2. The average molecular weight is 282 g/mol. The third kappa shape index (κ3) is 3.12. The van der Waals surface area contributed by atoms with Crippen LogP contribution in [0.25, 0.3) is 0 Å². The minimum absolute atomic E-state index is 0.0304. The maximum atomic E-state index is 12.4. The lowest BCUT2D eigenvalue weighted by Crippen LogP contribution is -2.37. The number of hydrogen-bond donors (Lipinski definition) is 2. The lowest BCUT2D eigenvalue weighted by molar-refractivity contribution is -0.121. The fourth-order valence-electron chi connectivity index (χ4n) is 1.87. The number of methoxy groups -OCH3 is 2. The average Bonchev–Trinajstić information content (AvgIpc) is 2.45. The van der Waals surface area contributed by atoms with Crippen LogP contribution in [0.3, 0.4) is 0 Å². The zero-order chi connectivity index (χ0) is 15.1. The van der Waals surface area contributed by atoms with Crippen LogP contribution in [0.1, 0.15) is 26.7 Å². The predicted octanol–water partition coefficient (Wildman–Crippen LogP) is 0.853. The summed E-state index contributed by atoms with van der Waals surface area (Å²) in [6.45, 7) is 5.10. The highest BCUT2D eigenvalue weighted by Crippen LogP contribution is 2.23. The number of ketones is 2. The van der Waals surface area contributed by atoms with E-state index in [9.17, 15) is 9.59 Å². The van der Waals surface area contributed by atoms with Crippen LogP contribution in [0.5, 0.6) is 0 Å². The molecule has 0 unspecified atom stereocenters. The van der Waals surface area contributed by atoms with Crippen molar-refractivity contribution in [1.82, 2.24) is 10.6 Å². The van der Waals surface area contributed by atoms with Crippen LogP contribution in [0.4, 0.5) is 0 Å². The molecular formula is C14H22N2O4. The number of Topliss-reactive ketones (excluding diaryl/α,β-unsaturated/α-hetero) is 2. The molecule has 0 aromatic rings. The summed E-state index contributed by atoms with van der Waals surface area (Å²) in [4.78, 5) is 24.8. The first-order chi connectivity index (χ1) is 9.62. The molecule has 1 aliphatic rings. The normalized spacial score (nSPS) is 15.6. The second-order valence-electron chi connectivity index (χ2n) is 4.33. The second-order valence-corrected chi connectivity index (χ2v) is 4.33. The summed E-state index contributed by atoms with van der Waals surface area (Å²) in [5.74, 6) is -0.669. The quantitative estimate of drug-likeness (QED) is 0.643. The SMILES string of the molecule is CCCNC1=C(OC)C(=O)C(NCCC)=C(OC)C1=O. The Kier molecular flexibility index (Phi) is 6.09. The third-order valence-corrected chi connectivity index (χ3v) is 2.83. The summed E-state index contributed by atoms with van der Waals surface area (Å²) in [7, 11) is 2.76. The van der Waals surface area contributed by atoms with Crippen molar-refractivity contribution in [2.45, 2.75) is 26.7 Å². The molecule has 1 aliphatic carbocycles. The van der Waals surface area contributed by atoms with Gasteiger partial charge in [-0.2, -0.15) is 0 Å². The summed E-state index contributed by atoms with van der Waals surface area (Å²) in [6.07, 6.45) is 1.66. The molecule has 6 heteroatoms. The number of nitrogens with one attached hydrogen (secondary N) is 2. The van der Waals surface area contributed by atoms with Crippen molar-refractivity contribution < 1.29 is 19.1 Å². The van der Waals surface area contributed by atoms with Gasteiger partial charge in [-0.1, -0.05) is 13.8 Å². The van der Waals surface area contributed by atoms with Gasteiger partial charge in [-0.15, -0.1) is 0 Å². The molecule has 0 atom stereocenters. The molecule has 0 aromatic carbocycles. The number of carbonyl (C=O) groups excluding carboxylic acids is 2. The lowest BCUT2D eigenvalue weighted by atomic mass is 10.0. The Morgan fingerprint density at radius 2 is 1.15 bits per heavy atom. The van der Waals surface area contributed by atoms with E-state index in [0.29, 0.717) is 13.1 Å². The molecule has 0 aliphatic heterocycles. The molecule has 6 nitrogen and oxygen atoms in total. The van der Waals surface area contributed by atoms with Gasteiger partial charge in [0.1, 0.15) is 11.4 Å². The van der Waals surface area contributed by atoms with E-state index < -0.39 is 0 Å². The van der Waals surface area contributed by atoms with Gasteiger partial charge in [0, 0.05) is 13.1 Å². The fourth-order valence-corrected chi connectivity index (χ4v) is 1.87. The molecule has 0 heterocycles. The van der Waals surface area contributed by atoms with Crippen LogP contribution in [0.2, 0.25) is 0 Å². The smallest absolute Gasteiger partial charge is 0.249 e. The Bertz CT molecular complexity index is 410. The van der Waals surface area contributed by atoms with Gasteiger partial charge in [0.25, 0.3) is 0 Å². The minimum atomic E-state index is -0.365. The van der Waals surface area contributed by atoms with Crippen molar-refractivity contribution >= 4 is 11.6 Å². The van der Waals surface area contributed by atoms with Crippen LogP contribution >= 0.6 is 0 Å². The van der Waals surface area contributed by atoms with Crippen LogP contribution in [-0.4, -0.2) is 38.9 Å². The van der Waals surface area contributed by atoms with Gasteiger partial charge in [0.15, 0.2) is 11.5 Å². The molecule has 0 amide bonds. The summed E-state index contributed by atoms with van der Waals surface area (Å²) in [6, 6.07) is 0. The van der Waals surface area contributed by atoms with E-state index in [-0.39, 0.29) is 34.5 Å². The molecule has 0 radical (unpaired) electrons. The molecule has 0 saturated carbocycles. The van der Waals surface area contributed by atoms with Gasteiger partial charge in [-0.05, 0) is 12.8 Å². The van der Waals surface area contributed by atoms with E-state index in [0.717, 1.165) is 12.8 Å². The highest BCUT2D eigenvalue weighted by molar-refractivity contribution is 6.23. The molecule has 1 rings (SSSR count). The summed E-state index contributed by atoms with van der Waals surface area (Å²) >= 11 is 0. The van der Waals surface area contributed by atoms with Crippen LogP contribution < -0.4 is 10.6 Å². The third-order valence-electron chi connectivity index (χ3n) is 2.83. The van der Waals surface area contributed by atoms with E-state index in [1.807, 2.05) is 13.8 Å². The summed E-state index contributed by atoms with van der Waals surface area (Å²) in [5.41, 5.74) is 0.330. The highest BCUT2D eigenvalue weighted by atomic mass is 16.5. The maximum Gasteiger partial charge on any atom is 0.249 e. The number of hydrogen-bond acceptors (Lipinski definition) is 6. The van der Waals surface area contributed by atoms with Gasteiger partial charge in [0.2, 0.25) is 11.6 Å². The molecule has 0 saturated heterocycles. The van der Waals surface area contributed by atoms with Crippen molar-refractivity contribution in [3.8, 4) is 0 Å². The maximum absolute atomic E-state index is 12.4. The Morgan fingerprint density at radius 3 is 1.40 bits per heavy atom. The zero-order valence-corrected chi connectivity index (χ0v) is 12.5. The Labute approximate surface area is 119 Å². The van der Waals surface area contributed by atoms with Crippen molar-refractivity contribution in [2.75, 3.05) is 27.3 Å². The highest BCUT2D eigenvalue weighted by Gasteiger charge is 2.36. The first kappa shape index (κ1) is 16.1.